The predicted octanol–water partition coefficient (Wildman–Crippen LogP) is 6.98. The average molecular weight is 793 g/mol. The summed E-state index contributed by atoms with van der Waals surface area (Å²) in [5, 5.41) is 57.7. The summed E-state index contributed by atoms with van der Waals surface area (Å²) in [6.45, 7) is 18.0. The van der Waals surface area contributed by atoms with Crippen molar-refractivity contribution in [3.05, 3.63) is 106 Å². The molecule has 0 aliphatic carbocycles. The number of aliphatic hydroxyl groups excluding tert-OH is 2. The minimum absolute atomic E-state index is 0. The van der Waals surface area contributed by atoms with E-state index in [1.54, 1.807) is 76.2 Å². The third kappa shape index (κ3) is 21.4. The summed E-state index contributed by atoms with van der Waals surface area (Å²) in [6.07, 6.45) is -2.65. The van der Waals surface area contributed by atoms with Gasteiger partial charge in [0.1, 0.15) is 11.7 Å². The van der Waals surface area contributed by atoms with Crippen LogP contribution in [0.1, 0.15) is 121 Å². The van der Waals surface area contributed by atoms with Crippen LogP contribution in [0.2, 0.25) is 0 Å². The first-order valence-electron chi connectivity index (χ1n) is 17.7. The second-order valence-electron chi connectivity index (χ2n) is 14.3. The molecule has 0 saturated heterocycles. The van der Waals surface area contributed by atoms with Crippen LogP contribution < -0.4 is 16.4 Å². The highest BCUT2D eigenvalue weighted by Gasteiger charge is 2.21. The van der Waals surface area contributed by atoms with E-state index in [0.717, 1.165) is 16.7 Å². The number of nitrogens with zero attached hydrogens (tertiary/aromatic N) is 3. The summed E-state index contributed by atoms with van der Waals surface area (Å²) < 4.78 is 5.17. The van der Waals surface area contributed by atoms with E-state index in [0.29, 0.717) is 16.7 Å². The van der Waals surface area contributed by atoms with Gasteiger partial charge in [0.05, 0.1) is 47.0 Å². The van der Waals surface area contributed by atoms with Gasteiger partial charge >= 0.3 is 12.1 Å². The summed E-state index contributed by atoms with van der Waals surface area (Å²) in [4.78, 5) is 33.1. The van der Waals surface area contributed by atoms with Gasteiger partial charge in [-0.2, -0.15) is 15.8 Å². The number of nitrogens with two attached hydrogens (primary N) is 1. The Morgan fingerprint density at radius 2 is 0.946 bits per heavy atom. The van der Waals surface area contributed by atoms with Crippen LogP contribution in [0.25, 0.3) is 0 Å². The maximum Gasteiger partial charge on any atom is 0.408 e. The molecule has 0 bridgehead atoms. The van der Waals surface area contributed by atoms with Crippen molar-refractivity contribution in [1.29, 1.82) is 15.8 Å². The van der Waals surface area contributed by atoms with Gasteiger partial charge in [-0.1, -0.05) is 64.1 Å². The van der Waals surface area contributed by atoms with Gasteiger partial charge in [0.2, 0.25) is 5.91 Å². The second-order valence-corrected chi connectivity index (χ2v) is 14.3. The lowest BCUT2D eigenvalue weighted by atomic mass is 10.0. The van der Waals surface area contributed by atoms with Crippen LogP contribution in [-0.2, 0) is 14.3 Å². The number of amides is 2. The minimum atomic E-state index is -1.21. The molecular weight excluding hydrogens is 736 g/mol. The fraction of sp³-hybridized carbons (Fsp3) is 0.429. The second kappa shape index (κ2) is 26.3. The minimum Gasteiger partial charge on any atom is -0.479 e. The molecule has 304 valence electrons. The number of alkyl carbamates (subject to hydrolysis) is 1. The molecule has 0 radical (unpaired) electrons. The fourth-order valence-electron chi connectivity index (χ4n) is 4.09. The van der Waals surface area contributed by atoms with E-state index >= 15 is 0 Å². The Hall–Kier alpha value is -5.49. The molecule has 0 saturated carbocycles. The highest BCUT2D eigenvalue weighted by molar-refractivity contribution is 5.85. The zero-order chi connectivity index (χ0) is 42.5. The van der Waals surface area contributed by atoms with Gasteiger partial charge in [0, 0.05) is 6.04 Å². The number of carboxylic acid groups (broad SMARTS) is 1. The van der Waals surface area contributed by atoms with Crippen molar-refractivity contribution >= 4 is 30.4 Å². The largest absolute Gasteiger partial charge is 0.479 e. The van der Waals surface area contributed by atoms with Crippen LogP contribution >= 0.6 is 12.4 Å². The monoisotopic (exact) mass is 792 g/mol. The molecule has 3 aromatic carbocycles. The highest BCUT2D eigenvalue weighted by atomic mass is 35.5. The van der Waals surface area contributed by atoms with Gasteiger partial charge in [-0.3, -0.25) is 4.79 Å². The molecular formula is C42H57ClN6O7. The van der Waals surface area contributed by atoms with Crippen molar-refractivity contribution in [3.8, 4) is 18.2 Å². The topological polar surface area (TPSA) is 243 Å². The van der Waals surface area contributed by atoms with Crippen molar-refractivity contribution in [2.75, 3.05) is 0 Å². The quantitative estimate of drug-likeness (QED) is 0.129. The molecule has 14 heteroatoms. The van der Waals surface area contributed by atoms with Gasteiger partial charge < -0.3 is 36.4 Å². The molecule has 7 N–H and O–H groups in total. The number of ether oxygens (including phenoxy) is 1. The van der Waals surface area contributed by atoms with Crippen LogP contribution in [0, 0.1) is 45.8 Å². The van der Waals surface area contributed by atoms with E-state index in [1.165, 1.54) is 0 Å². The molecule has 5 atom stereocenters. The summed E-state index contributed by atoms with van der Waals surface area (Å²) in [7, 11) is 0. The number of carboxylic acids is 1. The molecule has 0 heterocycles. The molecule has 0 aromatic heterocycles. The number of hydrogen-bond acceptors (Lipinski definition) is 10. The molecule has 0 unspecified atom stereocenters. The first-order chi connectivity index (χ1) is 25.6. The number of benzene rings is 3. The Morgan fingerprint density at radius 3 is 1.20 bits per heavy atom. The Balaban J connectivity index is 0. The normalized spacial score (nSPS) is 12.8. The first-order valence-corrected chi connectivity index (χ1v) is 17.7. The van der Waals surface area contributed by atoms with E-state index in [-0.39, 0.29) is 48.3 Å². The summed E-state index contributed by atoms with van der Waals surface area (Å²) >= 11 is 0. The average Bonchev–Trinajstić information content (AvgIpc) is 3.13. The number of hydrogen-bond donors (Lipinski definition) is 6. The number of halogens is 1. The van der Waals surface area contributed by atoms with Gasteiger partial charge in [0.15, 0.2) is 6.10 Å². The van der Waals surface area contributed by atoms with Crippen LogP contribution in [0.4, 0.5) is 4.79 Å². The molecule has 3 rings (SSSR count). The third-order valence-electron chi connectivity index (χ3n) is 7.52. The van der Waals surface area contributed by atoms with E-state index in [4.69, 9.17) is 36.5 Å². The van der Waals surface area contributed by atoms with Crippen LogP contribution in [-0.4, -0.2) is 51.1 Å². The smallest absolute Gasteiger partial charge is 0.408 e. The molecule has 0 aliphatic heterocycles. The van der Waals surface area contributed by atoms with Crippen LogP contribution in [0.3, 0.4) is 0 Å². The Kier molecular flexibility index (Phi) is 24.7. The summed E-state index contributed by atoms with van der Waals surface area (Å²) in [5.41, 5.74) is 9.87. The third-order valence-corrected chi connectivity index (χ3v) is 7.52. The molecule has 0 aliphatic rings. The predicted molar refractivity (Wildman–Crippen MR) is 217 cm³/mol. The van der Waals surface area contributed by atoms with E-state index < -0.39 is 29.9 Å². The highest BCUT2D eigenvalue weighted by Crippen LogP contribution is 2.16. The van der Waals surface area contributed by atoms with E-state index in [1.807, 2.05) is 71.9 Å². The number of nitrogens with one attached hydrogen (secondary N) is 2. The first kappa shape index (κ1) is 52.6. The maximum absolute atomic E-state index is 11.7. The number of carbonyl (C=O) groups is 3. The molecule has 56 heavy (non-hydrogen) atoms. The van der Waals surface area contributed by atoms with E-state index in [2.05, 4.69) is 22.8 Å². The molecule has 3 aromatic rings. The van der Waals surface area contributed by atoms with Crippen molar-refractivity contribution in [1.82, 2.24) is 10.6 Å². The number of aliphatic hydroxyl groups is 2. The molecule has 0 fully saturated rings. The maximum atomic E-state index is 11.7. The number of rotatable bonds is 9. The van der Waals surface area contributed by atoms with Gasteiger partial charge in [0.25, 0.3) is 0 Å². The lowest BCUT2D eigenvalue weighted by Crippen LogP contribution is -2.38. The van der Waals surface area contributed by atoms with Crippen molar-refractivity contribution in [2.24, 2.45) is 17.6 Å². The lowest BCUT2D eigenvalue weighted by Gasteiger charge is -2.22. The Morgan fingerprint density at radius 1 is 0.625 bits per heavy atom. The zero-order valence-electron chi connectivity index (χ0n) is 33.8. The summed E-state index contributed by atoms with van der Waals surface area (Å²) in [6, 6.07) is 27.2. The zero-order valence-corrected chi connectivity index (χ0v) is 34.6. The van der Waals surface area contributed by atoms with Crippen molar-refractivity contribution in [3.63, 3.8) is 0 Å². The number of nitriles is 3. The molecule has 0 spiro atoms. The standard InChI is InChI=1S/2C14H18N2O2.C9H10N2.C5H10O3.ClH/c1-10(16-13(17)18-14(2,3)4)12-7-5-11(9-15)6-8-12;1-9(2)13(17)14(18)16-10(3)12-6-4-11(8-15)5-7-12;1-7(11)9-4-2-8(6-10)3-5-9;1-3(2)4(6)5(7)8;/h5-8,10H,1-4H3,(H,16,17);4-7,9-10,13,17H,1-3H3,(H,16,18);2-5,7H,11H2,1H3;3-4,6H,1-2H3,(H,7,8);1H/t10-;10-,13+;7-;4-;/m0001./s1. The lowest BCUT2D eigenvalue weighted by molar-refractivity contribution is -0.148. The van der Waals surface area contributed by atoms with Gasteiger partial charge in [-0.05, 0) is 106 Å². The van der Waals surface area contributed by atoms with Gasteiger partial charge in [-0.25, -0.2) is 9.59 Å². The number of aliphatic carboxylic acids is 1. The van der Waals surface area contributed by atoms with E-state index in [9.17, 15) is 19.5 Å². The van der Waals surface area contributed by atoms with Crippen LogP contribution in [0.15, 0.2) is 72.8 Å². The Labute approximate surface area is 337 Å². The Bertz CT molecular complexity index is 1750. The molecule has 13 nitrogen and oxygen atoms in total. The SMILES string of the molecule is CC(C)[C@@H](O)C(=O)N[C@@H](C)c1ccc(C#N)cc1.CC(C)[C@@H](O)C(=O)O.C[C@H](N)c1ccc(C#N)cc1.C[C@H](NC(=O)OC(C)(C)C)c1ccc(C#N)cc1.Cl. The van der Waals surface area contributed by atoms with Gasteiger partial charge in [-0.15, -0.1) is 12.4 Å². The van der Waals surface area contributed by atoms with Crippen LogP contribution in [0.5, 0.6) is 0 Å². The van der Waals surface area contributed by atoms with Crippen molar-refractivity contribution < 1.29 is 34.4 Å². The number of carbonyl (C=O) groups excluding carboxylic acids is 2. The molecule has 2 amide bonds. The van der Waals surface area contributed by atoms with Crippen molar-refractivity contribution in [2.45, 2.75) is 105 Å². The fourth-order valence-corrected chi connectivity index (χ4v) is 4.09. The summed E-state index contributed by atoms with van der Waals surface area (Å²) in [5.74, 6) is -1.84.